The van der Waals surface area contributed by atoms with Gasteiger partial charge in [-0.1, -0.05) is 125 Å². The maximum atomic E-state index is 13.5. The predicted molar refractivity (Wildman–Crippen MR) is 436 cm³/mol. The third kappa shape index (κ3) is 19.4. The summed E-state index contributed by atoms with van der Waals surface area (Å²) in [5.41, 5.74) is 16.0. The van der Waals surface area contributed by atoms with E-state index in [4.69, 9.17) is 73.4 Å². The molecule has 0 aliphatic carbocycles. The van der Waals surface area contributed by atoms with Crippen molar-refractivity contribution >= 4 is 124 Å². The van der Waals surface area contributed by atoms with Crippen molar-refractivity contribution in [1.29, 1.82) is 0 Å². The van der Waals surface area contributed by atoms with Crippen LogP contribution in [0.5, 0.6) is 17.6 Å². The van der Waals surface area contributed by atoms with Crippen LogP contribution in [0.4, 0.5) is 17.8 Å². The molecule has 21 atom stereocenters. The summed E-state index contributed by atoms with van der Waals surface area (Å²) in [7, 11) is 4.23. The summed E-state index contributed by atoms with van der Waals surface area (Å²) in [6.45, 7) is -2.24. The molecule has 0 saturated carbocycles. The Balaban J connectivity index is 0.000000156. The van der Waals surface area contributed by atoms with Crippen molar-refractivity contribution in [3.63, 3.8) is 0 Å². The normalized spacial score (nSPS) is 31.2. The molecule has 6 saturated heterocycles. The number of benzene rings is 3. The molecule has 48 heteroatoms. The zero-order chi connectivity index (χ0) is 86.0. The number of aliphatic hydroxyl groups is 6. The molecule has 120 heavy (non-hydrogen) atoms. The molecule has 3 aromatic carbocycles. The standard InChI is InChI=1S/3C24H31N6O8PS/c3*1-13(14-7-5-4-6-8-14)37-21(32)15-9-10-40-39(34,29-15)36-11-16-18(31)24(2,33)22(38-16)30-12-26-17-19(30)27-23(25)28-20(17)35-3/h3*4-8,12-13,15-16,18,22,31,33H,9-11H2,1-3H3,(H,29,34)(H2,25,27,28)/t13-,15?,16?,18+,22+,24+,39+;13-,15-,16?,18-,22-,24-,39?;13-,15-,16?,18-,22-,24-,39+/m011/s1. The van der Waals surface area contributed by atoms with Crippen molar-refractivity contribution < 1.29 is 115 Å². The van der Waals surface area contributed by atoms with E-state index in [1.165, 1.54) is 74.8 Å². The molecule has 15 rings (SSSR count). The third-order valence-electron chi connectivity index (χ3n) is 20.5. The summed E-state index contributed by atoms with van der Waals surface area (Å²) >= 11 is 3.14. The number of rotatable bonds is 24. The lowest BCUT2D eigenvalue weighted by molar-refractivity contribution is -0.151. The van der Waals surface area contributed by atoms with Gasteiger partial charge in [-0.3, -0.25) is 41.8 Å². The number of imidazole rings is 3. The third-order valence-corrected chi connectivity index (χ3v) is 32.8. The van der Waals surface area contributed by atoms with E-state index < -0.39 is 147 Å². The SMILES string of the molecule is COc1nc(N)nc2c1ncn2[C@@H]1OC(COP2(=O)N[C@@H](C(=O)O[C@H](C)c3ccccc3)CCS2)[C@@H](O)[C@@]1(C)O.COc1nc(N)nc2c1ncn2[C@@H]1OC(CO[P@@]2(=O)N[C@@H](C(=O)O[C@H](C)c3ccccc3)CCS2)[C@@H](O)[C@@]1(C)O.COc1nc(N)nc2c1ncn2[C@@H]1OC(CO[P@]2(=O)NC(C(=O)O[C@@H](C)c3ccccc3)CCS2)[C@@H](O)[C@@]1(C)O. The number of aromatic nitrogens is 12. The number of ether oxygens (including phenoxy) is 9. The van der Waals surface area contributed by atoms with Crippen LogP contribution in [0.1, 0.15) is 114 Å². The summed E-state index contributed by atoms with van der Waals surface area (Å²) in [5, 5.41) is 74.6. The van der Waals surface area contributed by atoms with Crippen molar-refractivity contribution in [2.75, 3.05) is 75.6 Å². The van der Waals surface area contributed by atoms with Crippen molar-refractivity contribution in [2.24, 2.45) is 0 Å². The Morgan fingerprint density at radius 2 is 0.708 bits per heavy atom. The van der Waals surface area contributed by atoms with Crippen molar-refractivity contribution in [2.45, 2.75) is 169 Å². The quantitative estimate of drug-likeness (QED) is 0.0192. The fourth-order valence-corrected chi connectivity index (χ4v) is 25.4. The van der Waals surface area contributed by atoms with Gasteiger partial charge in [-0.25, -0.2) is 30.2 Å². The highest BCUT2D eigenvalue weighted by atomic mass is 32.7. The molecular weight excluding hydrogens is 1690 g/mol. The van der Waals surface area contributed by atoms with Crippen LogP contribution in [0.2, 0.25) is 0 Å². The topological polar surface area (TPSA) is 580 Å². The zero-order valence-electron chi connectivity index (χ0n) is 66.1. The number of methoxy groups -OCH3 is 3. The maximum Gasteiger partial charge on any atom is 0.327 e. The van der Waals surface area contributed by atoms with E-state index in [1.807, 2.05) is 91.0 Å². The average Bonchev–Trinajstić information content (AvgIpc) is 1.60. The summed E-state index contributed by atoms with van der Waals surface area (Å²) in [6, 6.07) is 25.4. The second-order valence-electron chi connectivity index (χ2n) is 29.1. The second-order valence-corrected chi connectivity index (χ2v) is 42.3. The summed E-state index contributed by atoms with van der Waals surface area (Å²) in [6.07, 6.45) is -7.06. The van der Waals surface area contributed by atoms with Gasteiger partial charge in [0.05, 0.1) is 60.1 Å². The van der Waals surface area contributed by atoms with Gasteiger partial charge < -0.3 is 104 Å². The van der Waals surface area contributed by atoms with Crippen LogP contribution >= 0.6 is 54.3 Å². The van der Waals surface area contributed by atoms with Gasteiger partial charge in [-0.2, -0.15) is 29.9 Å². The molecule has 6 aliphatic heterocycles. The van der Waals surface area contributed by atoms with E-state index in [2.05, 4.69) is 60.1 Å². The highest BCUT2D eigenvalue weighted by Crippen LogP contribution is 2.62. The lowest BCUT2D eigenvalue weighted by Crippen LogP contribution is -2.44. The number of nitrogens with zero attached hydrogens (tertiary/aromatic N) is 12. The molecule has 9 aromatic rings. The number of nitrogens with one attached hydrogen (secondary N) is 3. The molecule has 5 unspecified atom stereocenters. The Morgan fingerprint density at radius 1 is 0.458 bits per heavy atom. The lowest BCUT2D eigenvalue weighted by Gasteiger charge is -2.30. The first kappa shape index (κ1) is 89.4. The van der Waals surface area contributed by atoms with Crippen LogP contribution in [0.15, 0.2) is 110 Å². The van der Waals surface area contributed by atoms with Crippen molar-refractivity contribution in [3.05, 3.63) is 127 Å². The first-order chi connectivity index (χ1) is 57.1. The molecule has 0 amide bonds. The van der Waals surface area contributed by atoms with Gasteiger partial charge in [-0.15, -0.1) is 0 Å². The van der Waals surface area contributed by atoms with Gasteiger partial charge in [0.1, 0.15) is 89.9 Å². The highest BCUT2D eigenvalue weighted by Gasteiger charge is 2.58. The minimum absolute atomic E-state index is 0.0751. The number of nitrogen functional groups attached to an aromatic ring is 3. The van der Waals surface area contributed by atoms with Gasteiger partial charge >= 0.3 is 38.1 Å². The van der Waals surface area contributed by atoms with Crippen LogP contribution in [0.25, 0.3) is 33.5 Å². The van der Waals surface area contributed by atoms with Gasteiger partial charge in [-0.05, 0) is 77.5 Å². The Hall–Kier alpha value is -8.34. The Kier molecular flexibility index (Phi) is 27.6. The number of nitrogens with two attached hydrogens (primary N) is 3. The van der Waals surface area contributed by atoms with Crippen LogP contribution in [-0.2, 0) is 70.1 Å². The molecule has 648 valence electrons. The lowest BCUT2D eigenvalue weighted by atomic mass is 9.96. The smallest absolute Gasteiger partial charge is 0.327 e. The van der Waals surface area contributed by atoms with Crippen LogP contribution in [-0.4, -0.2) is 237 Å². The van der Waals surface area contributed by atoms with E-state index in [1.54, 1.807) is 20.8 Å². The van der Waals surface area contributed by atoms with Crippen LogP contribution in [0, 0.1) is 0 Å². The average molecular weight is 1780 g/mol. The van der Waals surface area contributed by atoms with Crippen molar-refractivity contribution in [1.82, 2.24) is 73.8 Å². The first-order valence-electron chi connectivity index (χ1n) is 37.6. The number of anilines is 3. The first-order valence-corrected chi connectivity index (χ1v) is 47.3. The minimum atomic E-state index is -3.58. The number of carbonyl (C=O) groups excluding carboxylic acids is 3. The molecule has 6 aliphatic rings. The highest BCUT2D eigenvalue weighted by molar-refractivity contribution is 8.56. The molecule has 6 aromatic heterocycles. The van der Waals surface area contributed by atoms with E-state index in [0.717, 1.165) is 50.8 Å². The van der Waals surface area contributed by atoms with E-state index in [9.17, 15) is 58.7 Å². The predicted octanol–water partition coefficient (Wildman–Crippen LogP) is 5.85. The number of hydrogen-bond donors (Lipinski definition) is 12. The van der Waals surface area contributed by atoms with E-state index in [0.29, 0.717) is 36.5 Å². The molecule has 6 fully saturated rings. The van der Waals surface area contributed by atoms with Gasteiger partial charge in [0.25, 0.3) is 0 Å². The molecule has 0 radical (unpaired) electrons. The Bertz CT molecular complexity index is 4780. The molecule has 42 nitrogen and oxygen atoms in total. The molecule has 0 bridgehead atoms. The number of hydrogen-bond acceptors (Lipinski definition) is 39. The van der Waals surface area contributed by atoms with Crippen molar-refractivity contribution in [3.8, 4) is 17.6 Å². The summed E-state index contributed by atoms with van der Waals surface area (Å²) in [5.74, 6) is -0.237. The fraction of sp³-hybridized carbons (Fsp3) is 0.500. The number of carbonyl (C=O) groups is 3. The molecular formula is C72H93N18O24P3S3. The van der Waals surface area contributed by atoms with Gasteiger partial charge in [0.2, 0.25) is 35.5 Å². The molecule has 15 N–H and O–H groups in total. The van der Waals surface area contributed by atoms with Gasteiger partial charge in [0.15, 0.2) is 52.2 Å². The molecule has 12 heterocycles. The minimum Gasteiger partial charge on any atom is -0.479 e. The monoisotopic (exact) mass is 1780 g/mol. The largest absolute Gasteiger partial charge is 0.479 e. The Labute approximate surface area is 697 Å². The van der Waals surface area contributed by atoms with Gasteiger partial charge in [0, 0.05) is 17.3 Å². The Morgan fingerprint density at radius 3 is 0.950 bits per heavy atom. The number of fused-ring (bicyclic) bond motifs is 3. The summed E-state index contributed by atoms with van der Waals surface area (Å²) < 4.78 is 112. The van der Waals surface area contributed by atoms with Crippen LogP contribution < -0.4 is 46.7 Å². The maximum absolute atomic E-state index is 13.5. The zero-order valence-corrected chi connectivity index (χ0v) is 71.2. The summed E-state index contributed by atoms with van der Waals surface area (Å²) in [4.78, 5) is 75.7. The van der Waals surface area contributed by atoms with Crippen LogP contribution in [0.3, 0.4) is 0 Å². The van der Waals surface area contributed by atoms with E-state index in [-0.39, 0.29) is 88.8 Å². The fourth-order valence-electron chi connectivity index (χ4n) is 13.9. The second kappa shape index (κ2) is 37.0. The number of esters is 3. The molecule has 0 spiro atoms. The number of aliphatic hydroxyl groups excluding tert-OH is 3. The van der Waals surface area contributed by atoms with E-state index >= 15 is 0 Å².